The van der Waals surface area contributed by atoms with E-state index in [-0.39, 0.29) is 0 Å². The molecule has 0 unspecified atom stereocenters. The fourth-order valence-corrected chi connectivity index (χ4v) is 2.54. The molecule has 0 radical (unpaired) electrons. The largest absolute Gasteiger partial charge is 0.375 e. The van der Waals surface area contributed by atoms with Crippen LogP contribution in [0.2, 0.25) is 0 Å². The van der Waals surface area contributed by atoms with Crippen LogP contribution in [0, 0.1) is 5.92 Å². The van der Waals surface area contributed by atoms with E-state index in [4.69, 9.17) is 10.5 Å². The van der Waals surface area contributed by atoms with Gasteiger partial charge in [-0.3, -0.25) is 0 Å². The molecule has 1 aromatic rings. The Hall–Kier alpha value is -0.860. The molecule has 1 fully saturated rings. The normalized spacial score (nSPS) is 29.5. The number of nitrogens with two attached hydrogens (primary N) is 1. The zero-order valence-corrected chi connectivity index (χ0v) is 9.93. The summed E-state index contributed by atoms with van der Waals surface area (Å²) in [7, 11) is 0. The number of hydrogen-bond donors (Lipinski definition) is 1. The van der Waals surface area contributed by atoms with Crippen molar-refractivity contribution in [3.05, 3.63) is 35.9 Å². The van der Waals surface area contributed by atoms with E-state index >= 15 is 0 Å². The zero-order chi connectivity index (χ0) is 11.4. The van der Waals surface area contributed by atoms with Crippen molar-refractivity contribution >= 4 is 0 Å². The molecule has 2 heteroatoms. The quantitative estimate of drug-likeness (QED) is 0.843. The second kappa shape index (κ2) is 5.46. The molecule has 2 N–H and O–H groups in total. The molecule has 88 valence electrons. The van der Waals surface area contributed by atoms with Crippen LogP contribution in [0.3, 0.4) is 0 Å². The van der Waals surface area contributed by atoms with Crippen molar-refractivity contribution in [3.8, 4) is 0 Å². The maximum absolute atomic E-state index is 5.91. The van der Waals surface area contributed by atoms with Gasteiger partial charge in [0.2, 0.25) is 0 Å². The molecule has 0 aliphatic carbocycles. The molecule has 1 heterocycles. The Labute approximate surface area is 97.8 Å². The van der Waals surface area contributed by atoms with Gasteiger partial charge in [0, 0.05) is 0 Å². The Morgan fingerprint density at radius 3 is 2.75 bits per heavy atom. The summed E-state index contributed by atoms with van der Waals surface area (Å²) in [6, 6.07) is 10.7. The summed E-state index contributed by atoms with van der Waals surface area (Å²) in [5.41, 5.74) is 6.99. The minimum atomic E-state index is 0.372. The second-order valence-corrected chi connectivity index (χ2v) is 4.73. The average Bonchev–Trinajstić information content (AvgIpc) is 2.61. The van der Waals surface area contributed by atoms with Gasteiger partial charge in [0.05, 0.1) is 12.2 Å². The summed E-state index contributed by atoms with van der Waals surface area (Å²) in [4.78, 5) is 0. The van der Waals surface area contributed by atoms with Crippen LogP contribution in [0.15, 0.2) is 30.3 Å². The van der Waals surface area contributed by atoms with E-state index in [0.717, 1.165) is 25.8 Å². The SMILES string of the molecule is C[C@@H]1O[C@@H](CCN)C[C@H]1Cc1ccccc1. The van der Waals surface area contributed by atoms with Gasteiger partial charge in [-0.1, -0.05) is 30.3 Å². The minimum Gasteiger partial charge on any atom is -0.375 e. The van der Waals surface area contributed by atoms with E-state index in [2.05, 4.69) is 37.3 Å². The van der Waals surface area contributed by atoms with Gasteiger partial charge >= 0.3 is 0 Å². The summed E-state index contributed by atoms with van der Waals surface area (Å²) in [6.07, 6.45) is 4.04. The maximum atomic E-state index is 5.91. The van der Waals surface area contributed by atoms with Gasteiger partial charge < -0.3 is 10.5 Å². The third-order valence-electron chi connectivity index (χ3n) is 3.47. The number of hydrogen-bond acceptors (Lipinski definition) is 2. The van der Waals surface area contributed by atoms with Crippen LogP contribution in [-0.2, 0) is 11.2 Å². The fraction of sp³-hybridized carbons (Fsp3) is 0.571. The van der Waals surface area contributed by atoms with E-state index < -0.39 is 0 Å². The molecule has 2 nitrogen and oxygen atoms in total. The van der Waals surface area contributed by atoms with Gasteiger partial charge in [-0.15, -0.1) is 0 Å². The van der Waals surface area contributed by atoms with Gasteiger partial charge in [-0.25, -0.2) is 0 Å². The summed E-state index contributed by atoms with van der Waals surface area (Å²) in [6.45, 7) is 2.92. The summed E-state index contributed by atoms with van der Waals surface area (Å²) >= 11 is 0. The minimum absolute atomic E-state index is 0.372. The van der Waals surface area contributed by atoms with Crippen molar-refractivity contribution in [3.63, 3.8) is 0 Å². The van der Waals surface area contributed by atoms with E-state index in [1.807, 2.05) is 0 Å². The van der Waals surface area contributed by atoms with E-state index in [9.17, 15) is 0 Å². The molecular formula is C14H21NO. The van der Waals surface area contributed by atoms with E-state index in [1.165, 1.54) is 5.56 Å². The predicted octanol–water partition coefficient (Wildman–Crippen LogP) is 2.37. The summed E-state index contributed by atoms with van der Waals surface area (Å²) in [5, 5.41) is 0. The first-order valence-corrected chi connectivity index (χ1v) is 6.19. The Morgan fingerprint density at radius 2 is 2.06 bits per heavy atom. The molecule has 0 aromatic heterocycles. The summed E-state index contributed by atoms with van der Waals surface area (Å²) in [5.74, 6) is 0.652. The molecule has 0 amide bonds. The highest BCUT2D eigenvalue weighted by Gasteiger charge is 2.31. The molecule has 1 saturated heterocycles. The van der Waals surface area contributed by atoms with Crippen LogP contribution >= 0.6 is 0 Å². The number of rotatable bonds is 4. The Morgan fingerprint density at radius 1 is 1.31 bits per heavy atom. The van der Waals surface area contributed by atoms with Crippen LogP contribution in [0.4, 0.5) is 0 Å². The summed E-state index contributed by atoms with van der Waals surface area (Å²) < 4.78 is 5.91. The molecule has 16 heavy (non-hydrogen) atoms. The lowest BCUT2D eigenvalue weighted by Gasteiger charge is -2.13. The number of ether oxygens (including phenoxy) is 1. The van der Waals surface area contributed by atoms with Gasteiger partial charge in [-0.05, 0) is 44.2 Å². The Kier molecular flexibility index (Phi) is 3.97. The third kappa shape index (κ3) is 2.83. The van der Waals surface area contributed by atoms with Crippen molar-refractivity contribution in [2.24, 2.45) is 11.7 Å². The van der Waals surface area contributed by atoms with Crippen molar-refractivity contribution in [2.45, 2.75) is 38.4 Å². The highest BCUT2D eigenvalue weighted by Crippen LogP contribution is 2.30. The van der Waals surface area contributed by atoms with Crippen molar-refractivity contribution in [1.29, 1.82) is 0 Å². The van der Waals surface area contributed by atoms with Crippen LogP contribution in [-0.4, -0.2) is 18.8 Å². The lowest BCUT2D eigenvalue weighted by atomic mass is 9.92. The highest BCUT2D eigenvalue weighted by molar-refractivity contribution is 5.15. The molecule has 0 bridgehead atoms. The van der Waals surface area contributed by atoms with E-state index in [0.29, 0.717) is 18.1 Å². The van der Waals surface area contributed by atoms with Crippen LogP contribution < -0.4 is 5.73 Å². The molecule has 1 aromatic carbocycles. The predicted molar refractivity (Wildman–Crippen MR) is 66.3 cm³/mol. The van der Waals surface area contributed by atoms with Gasteiger partial charge in [0.15, 0.2) is 0 Å². The Balaban J connectivity index is 1.91. The molecular weight excluding hydrogens is 198 g/mol. The van der Waals surface area contributed by atoms with Crippen molar-refractivity contribution in [2.75, 3.05) is 6.54 Å². The second-order valence-electron chi connectivity index (χ2n) is 4.73. The van der Waals surface area contributed by atoms with Crippen LogP contribution in [0.25, 0.3) is 0 Å². The smallest absolute Gasteiger partial charge is 0.0594 e. The average molecular weight is 219 g/mol. The van der Waals surface area contributed by atoms with Crippen LogP contribution in [0.1, 0.15) is 25.3 Å². The highest BCUT2D eigenvalue weighted by atomic mass is 16.5. The van der Waals surface area contributed by atoms with Crippen LogP contribution in [0.5, 0.6) is 0 Å². The lowest BCUT2D eigenvalue weighted by Crippen LogP contribution is -2.14. The zero-order valence-electron chi connectivity index (χ0n) is 9.93. The standard InChI is InChI=1S/C14H21NO/c1-11-13(10-14(16-11)7-8-15)9-12-5-3-2-4-6-12/h2-6,11,13-14H,7-10,15H2,1H3/t11-,13+,14-/m0/s1. The van der Waals surface area contributed by atoms with Gasteiger partial charge in [0.1, 0.15) is 0 Å². The first-order valence-electron chi connectivity index (χ1n) is 6.19. The van der Waals surface area contributed by atoms with Gasteiger partial charge in [0.25, 0.3) is 0 Å². The fourth-order valence-electron chi connectivity index (χ4n) is 2.54. The van der Waals surface area contributed by atoms with E-state index in [1.54, 1.807) is 0 Å². The molecule has 3 atom stereocenters. The Bertz CT molecular complexity index is 312. The molecule has 1 aliphatic heterocycles. The molecule has 0 spiro atoms. The monoisotopic (exact) mass is 219 g/mol. The maximum Gasteiger partial charge on any atom is 0.0594 e. The number of benzene rings is 1. The third-order valence-corrected chi connectivity index (χ3v) is 3.47. The van der Waals surface area contributed by atoms with Crippen molar-refractivity contribution in [1.82, 2.24) is 0 Å². The lowest BCUT2D eigenvalue weighted by molar-refractivity contribution is 0.0430. The molecule has 2 rings (SSSR count). The first kappa shape index (κ1) is 11.6. The van der Waals surface area contributed by atoms with Crippen molar-refractivity contribution < 1.29 is 4.74 Å². The molecule has 1 aliphatic rings. The topological polar surface area (TPSA) is 35.2 Å². The first-order chi connectivity index (χ1) is 7.79. The molecule has 0 saturated carbocycles. The van der Waals surface area contributed by atoms with Gasteiger partial charge in [-0.2, -0.15) is 0 Å².